The lowest BCUT2D eigenvalue weighted by Gasteiger charge is -2.46. The molecule has 0 aromatic heterocycles. The van der Waals surface area contributed by atoms with Gasteiger partial charge in [-0.05, 0) is 31.0 Å². The van der Waals surface area contributed by atoms with Crippen LogP contribution in [0.4, 0.5) is 5.69 Å². The molecule has 0 spiro atoms. The number of carbonyl (C=O) groups excluding carboxylic acids is 3. The first-order chi connectivity index (χ1) is 13.5. The van der Waals surface area contributed by atoms with Crippen LogP contribution in [0.1, 0.15) is 25.7 Å². The standard InChI is InChI=1S/C19H24ClN5O3/c20-11-5-4-6-12(9-11)21-17(27)13-10-14(26)22-16-15(13)18(28)24-19(23-16)25-7-2-1-3-8-25/h4-6,9,13,15-16,19,23H,1-3,7-8,10H2,(H,21,27)(H,22,26)(H,24,28). The van der Waals surface area contributed by atoms with Gasteiger partial charge < -0.3 is 16.0 Å². The summed E-state index contributed by atoms with van der Waals surface area (Å²) in [6.07, 6.45) is 2.42. The van der Waals surface area contributed by atoms with Crippen LogP contribution in [0.3, 0.4) is 0 Å². The van der Waals surface area contributed by atoms with E-state index in [1.165, 1.54) is 6.42 Å². The van der Waals surface area contributed by atoms with Gasteiger partial charge in [-0.15, -0.1) is 0 Å². The van der Waals surface area contributed by atoms with Crippen molar-refractivity contribution >= 4 is 35.0 Å². The molecule has 4 rings (SSSR count). The molecule has 3 aliphatic rings. The van der Waals surface area contributed by atoms with E-state index in [1.807, 2.05) is 0 Å². The second-order valence-electron chi connectivity index (χ2n) is 7.56. The van der Waals surface area contributed by atoms with E-state index in [1.54, 1.807) is 24.3 Å². The highest BCUT2D eigenvalue weighted by Crippen LogP contribution is 2.29. The van der Waals surface area contributed by atoms with Crippen molar-refractivity contribution in [3.63, 3.8) is 0 Å². The minimum Gasteiger partial charge on any atom is -0.340 e. The number of likely N-dealkylation sites (tertiary alicyclic amines) is 1. The van der Waals surface area contributed by atoms with Gasteiger partial charge in [-0.2, -0.15) is 0 Å². The molecule has 8 nitrogen and oxygen atoms in total. The number of piperidine rings is 2. The van der Waals surface area contributed by atoms with Crippen molar-refractivity contribution in [1.82, 2.24) is 20.9 Å². The number of nitrogens with zero attached hydrogens (tertiary/aromatic N) is 1. The minimum absolute atomic E-state index is 0.0307. The van der Waals surface area contributed by atoms with E-state index in [4.69, 9.17) is 11.6 Å². The van der Waals surface area contributed by atoms with Crippen LogP contribution in [0.25, 0.3) is 0 Å². The zero-order chi connectivity index (χ0) is 19.7. The first kappa shape index (κ1) is 19.2. The smallest absolute Gasteiger partial charge is 0.229 e. The Kier molecular flexibility index (Phi) is 5.52. The van der Waals surface area contributed by atoms with Gasteiger partial charge >= 0.3 is 0 Å². The zero-order valence-electron chi connectivity index (χ0n) is 15.4. The molecule has 0 saturated carbocycles. The average molecular weight is 406 g/mol. The number of fused-ring (bicyclic) bond motifs is 1. The van der Waals surface area contributed by atoms with Crippen LogP contribution in [-0.4, -0.2) is 48.2 Å². The molecule has 3 fully saturated rings. The third-order valence-corrected chi connectivity index (χ3v) is 5.85. The number of carbonyl (C=O) groups is 3. The molecule has 3 saturated heterocycles. The molecule has 3 heterocycles. The molecular formula is C19H24ClN5O3. The Morgan fingerprint density at radius 3 is 2.68 bits per heavy atom. The number of benzene rings is 1. The minimum atomic E-state index is -0.757. The van der Waals surface area contributed by atoms with Crippen LogP contribution in [0.5, 0.6) is 0 Å². The van der Waals surface area contributed by atoms with Gasteiger partial charge in [0.2, 0.25) is 17.7 Å². The van der Waals surface area contributed by atoms with Crippen molar-refractivity contribution in [2.45, 2.75) is 38.1 Å². The molecule has 150 valence electrons. The van der Waals surface area contributed by atoms with Crippen LogP contribution < -0.4 is 21.3 Å². The molecule has 9 heteroatoms. The normalized spacial score (nSPS) is 30.8. The topological polar surface area (TPSA) is 103 Å². The van der Waals surface area contributed by atoms with Gasteiger partial charge in [-0.25, -0.2) is 0 Å². The van der Waals surface area contributed by atoms with Gasteiger partial charge in [-0.1, -0.05) is 24.1 Å². The Bertz CT molecular complexity index is 783. The Balaban J connectivity index is 1.49. The molecule has 28 heavy (non-hydrogen) atoms. The van der Waals surface area contributed by atoms with Crippen LogP contribution in [-0.2, 0) is 14.4 Å². The van der Waals surface area contributed by atoms with Crippen molar-refractivity contribution < 1.29 is 14.4 Å². The lowest BCUT2D eigenvalue weighted by Crippen LogP contribution is -2.74. The second kappa shape index (κ2) is 8.06. The predicted molar refractivity (Wildman–Crippen MR) is 104 cm³/mol. The van der Waals surface area contributed by atoms with Crippen molar-refractivity contribution in [3.8, 4) is 0 Å². The van der Waals surface area contributed by atoms with Crippen LogP contribution in [0.15, 0.2) is 24.3 Å². The largest absolute Gasteiger partial charge is 0.340 e. The summed E-state index contributed by atoms with van der Waals surface area (Å²) in [6, 6.07) is 6.79. The average Bonchev–Trinajstić information content (AvgIpc) is 2.67. The van der Waals surface area contributed by atoms with Crippen molar-refractivity contribution in [2.75, 3.05) is 18.4 Å². The number of halogens is 1. The first-order valence-corrected chi connectivity index (χ1v) is 10.1. The second-order valence-corrected chi connectivity index (χ2v) is 7.99. The van der Waals surface area contributed by atoms with E-state index in [9.17, 15) is 14.4 Å². The fourth-order valence-corrected chi connectivity index (χ4v) is 4.42. The summed E-state index contributed by atoms with van der Waals surface area (Å²) in [5, 5.41) is 12.4. The van der Waals surface area contributed by atoms with Crippen molar-refractivity contribution in [2.24, 2.45) is 11.8 Å². The summed E-state index contributed by atoms with van der Waals surface area (Å²) in [7, 11) is 0. The third-order valence-electron chi connectivity index (χ3n) is 5.62. The maximum absolute atomic E-state index is 12.9. The van der Waals surface area contributed by atoms with E-state index in [-0.39, 0.29) is 30.4 Å². The van der Waals surface area contributed by atoms with Gasteiger partial charge in [0.1, 0.15) is 6.29 Å². The van der Waals surface area contributed by atoms with Crippen molar-refractivity contribution in [3.05, 3.63) is 29.3 Å². The van der Waals surface area contributed by atoms with Gasteiger partial charge in [0.25, 0.3) is 0 Å². The highest BCUT2D eigenvalue weighted by Gasteiger charge is 2.49. The first-order valence-electron chi connectivity index (χ1n) is 9.67. The van der Waals surface area contributed by atoms with Gasteiger partial charge in [0.15, 0.2) is 0 Å². The molecular weight excluding hydrogens is 382 g/mol. The Morgan fingerprint density at radius 2 is 1.93 bits per heavy atom. The number of rotatable bonds is 3. The maximum atomic E-state index is 12.9. The van der Waals surface area contributed by atoms with Crippen LogP contribution in [0, 0.1) is 11.8 Å². The van der Waals surface area contributed by atoms with Crippen LogP contribution >= 0.6 is 11.6 Å². The fraction of sp³-hybridized carbons (Fsp3) is 0.526. The number of anilines is 1. The highest BCUT2D eigenvalue weighted by atomic mass is 35.5. The molecule has 4 unspecified atom stereocenters. The van der Waals surface area contributed by atoms with Gasteiger partial charge in [0.05, 0.1) is 18.0 Å². The number of hydrogen-bond donors (Lipinski definition) is 4. The maximum Gasteiger partial charge on any atom is 0.229 e. The summed E-state index contributed by atoms with van der Waals surface area (Å²) < 4.78 is 0. The SMILES string of the molecule is O=C1CC(C(=O)Nc2cccc(Cl)c2)C2C(=O)NC(N3CCCCC3)NC2N1. The molecule has 3 amide bonds. The Morgan fingerprint density at radius 1 is 1.14 bits per heavy atom. The lowest BCUT2D eigenvalue weighted by atomic mass is 9.81. The summed E-state index contributed by atoms with van der Waals surface area (Å²) in [6.45, 7) is 1.78. The van der Waals surface area contributed by atoms with E-state index >= 15 is 0 Å². The molecule has 3 aliphatic heterocycles. The molecule has 0 aliphatic carbocycles. The quantitative estimate of drug-likeness (QED) is 0.597. The van der Waals surface area contributed by atoms with Gasteiger partial charge in [-0.3, -0.25) is 24.6 Å². The van der Waals surface area contributed by atoms with E-state index < -0.39 is 18.0 Å². The molecule has 1 aromatic carbocycles. The van der Waals surface area contributed by atoms with Gasteiger partial charge in [0, 0.05) is 30.2 Å². The predicted octanol–water partition coefficient (Wildman–Crippen LogP) is 0.846. The van der Waals surface area contributed by atoms with E-state index in [2.05, 4.69) is 26.2 Å². The van der Waals surface area contributed by atoms with Crippen molar-refractivity contribution in [1.29, 1.82) is 0 Å². The van der Waals surface area contributed by atoms with Crippen LogP contribution in [0.2, 0.25) is 5.02 Å². The molecule has 0 radical (unpaired) electrons. The summed E-state index contributed by atoms with van der Waals surface area (Å²) in [5.41, 5.74) is 0.537. The number of hydrogen-bond acceptors (Lipinski definition) is 5. The lowest BCUT2D eigenvalue weighted by molar-refractivity contribution is -0.147. The molecule has 0 bridgehead atoms. The summed E-state index contributed by atoms with van der Waals surface area (Å²) in [5.74, 6) is -2.25. The summed E-state index contributed by atoms with van der Waals surface area (Å²) >= 11 is 5.97. The fourth-order valence-electron chi connectivity index (χ4n) is 4.23. The Labute approximate surface area is 168 Å². The molecule has 4 atom stereocenters. The number of amides is 3. The monoisotopic (exact) mass is 405 g/mol. The Hall–Kier alpha value is -2.16. The molecule has 4 N–H and O–H groups in total. The summed E-state index contributed by atoms with van der Waals surface area (Å²) in [4.78, 5) is 40.1. The highest BCUT2D eigenvalue weighted by molar-refractivity contribution is 6.30. The third kappa shape index (κ3) is 3.99. The van der Waals surface area contributed by atoms with E-state index in [0.717, 1.165) is 25.9 Å². The number of nitrogens with one attached hydrogen (secondary N) is 4. The zero-order valence-corrected chi connectivity index (χ0v) is 16.2. The molecule has 1 aromatic rings. The van der Waals surface area contributed by atoms with E-state index in [0.29, 0.717) is 10.7 Å².